The summed E-state index contributed by atoms with van der Waals surface area (Å²) in [5.74, 6) is 2.48. The minimum Gasteiger partial charge on any atom is -0.355 e. The molecule has 0 amide bonds. The maximum atomic E-state index is 11.3. The van der Waals surface area contributed by atoms with Gasteiger partial charge in [0.25, 0.3) is 0 Å². The van der Waals surface area contributed by atoms with Crippen LogP contribution in [0.2, 0.25) is 0 Å². The zero-order valence-electron chi connectivity index (χ0n) is 9.48. The van der Waals surface area contributed by atoms with E-state index < -0.39 is 10.8 Å². The number of pyridine rings is 1. The third-order valence-electron chi connectivity index (χ3n) is 2.90. The Morgan fingerprint density at radius 3 is 2.69 bits per heavy atom. The van der Waals surface area contributed by atoms with E-state index in [1.807, 2.05) is 19.1 Å². The smallest absolute Gasteiger partial charge is 0.128 e. The second-order valence-corrected chi connectivity index (χ2v) is 5.65. The summed E-state index contributed by atoms with van der Waals surface area (Å²) in [6, 6.07) is 4.03. The van der Waals surface area contributed by atoms with Gasteiger partial charge >= 0.3 is 0 Å². The van der Waals surface area contributed by atoms with E-state index in [-0.39, 0.29) is 0 Å². The van der Waals surface area contributed by atoms with Gasteiger partial charge in [0, 0.05) is 47.6 Å². The van der Waals surface area contributed by atoms with Crippen LogP contribution >= 0.6 is 0 Å². The Morgan fingerprint density at radius 2 is 2.12 bits per heavy atom. The Morgan fingerprint density at radius 1 is 1.44 bits per heavy atom. The fraction of sp³-hybridized carbons (Fsp3) is 0.545. The van der Waals surface area contributed by atoms with Gasteiger partial charge in [-0.2, -0.15) is 0 Å². The Labute approximate surface area is 98.3 Å². The van der Waals surface area contributed by atoms with E-state index in [9.17, 15) is 4.21 Å². The quantitative estimate of drug-likeness (QED) is 0.812. The lowest BCUT2D eigenvalue weighted by Gasteiger charge is -2.27. The molecule has 0 aliphatic carbocycles. The van der Waals surface area contributed by atoms with Crippen LogP contribution in [-0.4, -0.2) is 33.8 Å². The molecule has 0 radical (unpaired) electrons. The molecule has 1 saturated heterocycles. The molecule has 2 rings (SSSR count). The number of hydrogen-bond acceptors (Lipinski definition) is 4. The first-order valence-corrected chi connectivity index (χ1v) is 6.96. The van der Waals surface area contributed by atoms with Gasteiger partial charge in [0.2, 0.25) is 0 Å². The van der Waals surface area contributed by atoms with Gasteiger partial charge in [0.1, 0.15) is 5.82 Å². The highest BCUT2D eigenvalue weighted by Crippen LogP contribution is 2.16. The van der Waals surface area contributed by atoms with Crippen molar-refractivity contribution in [2.75, 3.05) is 29.5 Å². The molecule has 0 spiro atoms. The predicted octanol–water partition coefficient (Wildman–Crippen LogP) is 0.417. The lowest BCUT2D eigenvalue weighted by molar-refractivity contribution is 0.672. The monoisotopic (exact) mass is 239 g/mol. The van der Waals surface area contributed by atoms with Gasteiger partial charge in [-0.3, -0.25) is 4.21 Å². The molecule has 4 nitrogen and oxygen atoms in total. The molecule has 16 heavy (non-hydrogen) atoms. The van der Waals surface area contributed by atoms with Crippen LogP contribution in [0.15, 0.2) is 12.1 Å². The first-order chi connectivity index (χ1) is 7.70. The van der Waals surface area contributed by atoms with Crippen molar-refractivity contribution < 1.29 is 4.21 Å². The maximum absolute atomic E-state index is 11.3. The Kier molecular flexibility index (Phi) is 3.56. The summed E-state index contributed by atoms with van der Waals surface area (Å²) < 4.78 is 11.3. The third-order valence-corrected chi connectivity index (χ3v) is 4.18. The summed E-state index contributed by atoms with van der Waals surface area (Å²) in [6.07, 6.45) is 0. The van der Waals surface area contributed by atoms with Gasteiger partial charge in [-0.05, 0) is 18.6 Å². The molecular formula is C11H17N3OS. The van der Waals surface area contributed by atoms with Crippen LogP contribution in [0.5, 0.6) is 0 Å². The molecule has 1 aliphatic heterocycles. The summed E-state index contributed by atoms with van der Waals surface area (Å²) in [7, 11) is -0.635. The Hall–Kier alpha value is -0.940. The average molecular weight is 239 g/mol. The number of aryl methyl sites for hydroxylation is 1. The number of aromatic nitrogens is 1. The summed E-state index contributed by atoms with van der Waals surface area (Å²) in [5.41, 5.74) is 7.68. The molecule has 2 N–H and O–H groups in total. The van der Waals surface area contributed by atoms with Gasteiger partial charge in [-0.15, -0.1) is 0 Å². The van der Waals surface area contributed by atoms with Crippen LogP contribution in [-0.2, 0) is 17.3 Å². The first-order valence-electron chi connectivity index (χ1n) is 5.47. The first kappa shape index (κ1) is 11.5. The Bertz CT molecular complexity index is 398. The van der Waals surface area contributed by atoms with Crippen molar-refractivity contribution in [2.45, 2.75) is 13.5 Å². The molecule has 0 aromatic carbocycles. The van der Waals surface area contributed by atoms with Crippen molar-refractivity contribution in [2.24, 2.45) is 5.73 Å². The molecule has 1 fully saturated rings. The minimum atomic E-state index is -0.635. The molecule has 0 bridgehead atoms. The van der Waals surface area contributed by atoms with Crippen molar-refractivity contribution in [3.63, 3.8) is 0 Å². The number of hydrogen-bond donors (Lipinski definition) is 1. The third kappa shape index (κ3) is 2.41. The fourth-order valence-electron chi connectivity index (χ4n) is 1.84. The van der Waals surface area contributed by atoms with Crippen LogP contribution in [0.4, 0.5) is 5.82 Å². The van der Waals surface area contributed by atoms with Gasteiger partial charge in [-0.25, -0.2) is 4.98 Å². The number of anilines is 1. The lowest BCUT2D eigenvalue weighted by atomic mass is 10.2. The largest absolute Gasteiger partial charge is 0.355 e. The lowest BCUT2D eigenvalue weighted by Crippen LogP contribution is -2.38. The molecule has 88 valence electrons. The van der Waals surface area contributed by atoms with Crippen molar-refractivity contribution in [1.29, 1.82) is 0 Å². The van der Waals surface area contributed by atoms with E-state index in [4.69, 9.17) is 5.73 Å². The maximum Gasteiger partial charge on any atom is 0.128 e. The highest BCUT2D eigenvalue weighted by Gasteiger charge is 2.16. The van der Waals surface area contributed by atoms with Crippen molar-refractivity contribution in [3.05, 3.63) is 23.4 Å². The fourth-order valence-corrected chi connectivity index (χ4v) is 2.89. The van der Waals surface area contributed by atoms with E-state index in [0.29, 0.717) is 6.54 Å². The minimum absolute atomic E-state index is 0.531. The van der Waals surface area contributed by atoms with Crippen molar-refractivity contribution in [1.82, 2.24) is 4.98 Å². The van der Waals surface area contributed by atoms with Gasteiger partial charge in [0.05, 0.1) is 0 Å². The molecule has 5 heteroatoms. The number of nitrogens with two attached hydrogens (primary N) is 1. The molecule has 2 heterocycles. The van der Waals surface area contributed by atoms with E-state index >= 15 is 0 Å². The van der Waals surface area contributed by atoms with Gasteiger partial charge in [0.15, 0.2) is 0 Å². The van der Waals surface area contributed by atoms with E-state index in [0.717, 1.165) is 41.7 Å². The average Bonchev–Trinajstić information content (AvgIpc) is 2.30. The topological polar surface area (TPSA) is 59.2 Å². The summed E-state index contributed by atoms with van der Waals surface area (Å²) in [6.45, 7) is 4.18. The molecule has 1 aliphatic rings. The second-order valence-electron chi connectivity index (χ2n) is 3.95. The molecule has 1 aromatic heterocycles. The highest BCUT2D eigenvalue weighted by molar-refractivity contribution is 7.85. The molecule has 0 unspecified atom stereocenters. The van der Waals surface area contributed by atoms with Crippen LogP contribution < -0.4 is 10.6 Å². The van der Waals surface area contributed by atoms with Crippen LogP contribution in [0.25, 0.3) is 0 Å². The van der Waals surface area contributed by atoms with Gasteiger partial charge in [-0.1, -0.05) is 6.07 Å². The van der Waals surface area contributed by atoms with E-state index in [2.05, 4.69) is 9.88 Å². The van der Waals surface area contributed by atoms with E-state index in [1.54, 1.807) is 0 Å². The predicted molar refractivity (Wildman–Crippen MR) is 67.0 cm³/mol. The second kappa shape index (κ2) is 4.93. The molecule has 0 saturated carbocycles. The van der Waals surface area contributed by atoms with Crippen LogP contribution in [0, 0.1) is 6.92 Å². The van der Waals surface area contributed by atoms with Crippen LogP contribution in [0.1, 0.15) is 11.3 Å². The Balaban J connectivity index is 2.15. The summed E-state index contributed by atoms with van der Waals surface area (Å²) >= 11 is 0. The zero-order valence-corrected chi connectivity index (χ0v) is 10.3. The van der Waals surface area contributed by atoms with Crippen LogP contribution in [0.3, 0.4) is 0 Å². The summed E-state index contributed by atoms with van der Waals surface area (Å²) in [4.78, 5) is 6.73. The normalized spacial score (nSPS) is 17.8. The zero-order chi connectivity index (χ0) is 11.5. The SMILES string of the molecule is Cc1nc(N2CCS(=O)CC2)ccc1CN. The number of rotatable bonds is 2. The highest BCUT2D eigenvalue weighted by atomic mass is 32.2. The molecule has 0 atom stereocenters. The standard InChI is InChI=1S/C11H17N3OS/c1-9-10(8-12)2-3-11(13-9)14-4-6-16(15)7-5-14/h2-3H,4-8,12H2,1H3. The molecular weight excluding hydrogens is 222 g/mol. The van der Waals surface area contributed by atoms with Crippen molar-refractivity contribution >= 4 is 16.6 Å². The summed E-state index contributed by atoms with van der Waals surface area (Å²) in [5, 5.41) is 0. The van der Waals surface area contributed by atoms with E-state index in [1.165, 1.54) is 0 Å². The van der Waals surface area contributed by atoms with Gasteiger partial charge < -0.3 is 10.6 Å². The molecule has 1 aromatic rings. The number of nitrogens with zero attached hydrogens (tertiary/aromatic N) is 2. The van der Waals surface area contributed by atoms with Crippen molar-refractivity contribution in [3.8, 4) is 0 Å².